The van der Waals surface area contributed by atoms with Gasteiger partial charge in [0.05, 0.1) is 31.0 Å². The molecule has 2 aliphatic rings. The molecule has 0 aromatic carbocycles. The number of rotatable bonds is 3. The molecule has 1 saturated heterocycles. The van der Waals surface area contributed by atoms with Crippen LogP contribution >= 0.6 is 0 Å². The molecule has 2 N–H and O–H groups in total. The van der Waals surface area contributed by atoms with Gasteiger partial charge in [-0.3, -0.25) is 4.68 Å². The standard InChI is InChI=1S/C14H19F4N3O/c15-9-6-20-21(7-9)11-5-13(1-3-19-4-2-13)12(11)10(8-22)14(16,17)18/h6-7,10-12,19,22H,1-5,8H2/t10?,11-,12?/m1/s1. The summed E-state index contributed by atoms with van der Waals surface area (Å²) in [5, 5.41) is 16.3. The van der Waals surface area contributed by atoms with Gasteiger partial charge in [-0.25, -0.2) is 4.39 Å². The average molecular weight is 321 g/mol. The van der Waals surface area contributed by atoms with Gasteiger partial charge >= 0.3 is 6.18 Å². The summed E-state index contributed by atoms with van der Waals surface area (Å²) >= 11 is 0. The van der Waals surface area contributed by atoms with Crippen molar-refractivity contribution in [2.75, 3.05) is 19.7 Å². The van der Waals surface area contributed by atoms with Crippen LogP contribution in [0.5, 0.6) is 0 Å². The number of aliphatic hydroxyl groups excluding tert-OH is 1. The van der Waals surface area contributed by atoms with Crippen molar-refractivity contribution in [3.63, 3.8) is 0 Å². The summed E-state index contributed by atoms with van der Waals surface area (Å²) in [4.78, 5) is 0. The molecule has 1 spiro atoms. The molecular formula is C14H19F4N3O. The fourth-order valence-electron chi connectivity index (χ4n) is 4.26. The van der Waals surface area contributed by atoms with Crippen molar-refractivity contribution in [2.24, 2.45) is 17.3 Å². The Bertz CT molecular complexity index is 524. The zero-order chi connectivity index (χ0) is 16.0. The summed E-state index contributed by atoms with van der Waals surface area (Å²) in [5.74, 6) is -3.12. The molecular weight excluding hydrogens is 302 g/mol. The second-order valence-corrected chi connectivity index (χ2v) is 6.38. The van der Waals surface area contributed by atoms with Gasteiger partial charge in [0.15, 0.2) is 5.82 Å². The van der Waals surface area contributed by atoms with Crippen LogP contribution in [0.4, 0.5) is 17.6 Å². The van der Waals surface area contributed by atoms with Crippen molar-refractivity contribution in [1.82, 2.24) is 15.1 Å². The number of aromatic nitrogens is 2. The number of aliphatic hydroxyl groups is 1. The summed E-state index contributed by atoms with van der Waals surface area (Å²) in [6.07, 6.45) is -0.494. The summed E-state index contributed by atoms with van der Waals surface area (Å²) in [5.41, 5.74) is -0.443. The van der Waals surface area contributed by atoms with Gasteiger partial charge in [0, 0.05) is 5.92 Å². The maximum atomic E-state index is 13.3. The molecule has 8 heteroatoms. The lowest BCUT2D eigenvalue weighted by molar-refractivity contribution is -0.244. The van der Waals surface area contributed by atoms with E-state index in [0.29, 0.717) is 32.4 Å². The number of hydrogen-bond acceptors (Lipinski definition) is 3. The fraction of sp³-hybridized carbons (Fsp3) is 0.786. The average Bonchev–Trinajstić information content (AvgIpc) is 2.88. The summed E-state index contributed by atoms with van der Waals surface area (Å²) in [6, 6.07) is -0.513. The van der Waals surface area contributed by atoms with Crippen LogP contribution in [0.2, 0.25) is 0 Å². The number of hydrogen-bond donors (Lipinski definition) is 2. The molecule has 0 amide bonds. The Kier molecular flexibility index (Phi) is 3.92. The van der Waals surface area contributed by atoms with E-state index in [4.69, 9.17) is 0 Å². The topological polar surface area (TPSA) is 50.1 Å². The largest absolute Gasteiger partial charge is 0.396 e. The molecule has 2 heterocycles. The quantitative estimate of drug-likeness (QED) is 0.839. The minimum Gasteiger partial charge on any atom is -0.396 e. The lowest BCUT2D eigenvalue weighted by Gasteiger charge is -2.59. The minimum atomic E-state index is -4.47. The van der Waals surface area contributed by atoms with Crippen molar-refractivity contribution in [1.29, 1.82) is 0 Å². The van der Waals surface area contributed by atoms with Gasteiger partial charge in [-0.2, -0.15) is 18.3 Å². The van der Waals surface area contributed by atoms with Crippen molar-refractivity contribution in [3.05, 3.63) is 18.2 Å². The Labute approximate surface area is 125 Å². The third kappa shape index (κ3) is 2.52. The molecule has 2 unspecified atom stereocenters. The molecule has 4 nitrogen and oxygen atoms in total. The molecule has 0 radical (unpaired) electrons. The summed E-state index contributed by atoms with van der Waals surface area (Å²) < 4.78 is 54.5. The molecule has 1 aromatic rings. The Morgan fingerprint density at radius 3 is 2.59 bits per heavy atom. The zero-order valence-electron chi connectivity index (χ0n) is 12.0. The van der Waals surface area contributed by atoms with Gasteiger partial charge in [-0.1, -0.05) is 0 Å². The van der Waals surface area contributed by atoms with E-state index in [-0.39, 0.29) is 0 Å². The Morgan fingerprint density at radius 1 is 1.41 bits per heavy atom. The highest BCUT2D eigenvalue weighted by Gasteiger charge is 2.62. The second-order valence-electron chi connectivity index (χ2n) is 6.38. The molecule has 2 fully saturated rings. The normalized spacial score (nSPS) is 29.3. The monoisotopic (exact) mass is 321 g/mol. The number of alkyl halides is 3. The van der Waals surface area contributed by atoms with Gasteiger partial charge < -0.3 is 10.4 Å². The van der Waals surface area contributed by atoms with Crippen LogP contribution in [0.15, 0.2) is 12.4 Å². The van der Waals surface area contributed by atoms with Crippen molar-refractivity contribution in [3.8, 4) is 0 Å². The molecule has 1 aromatic heterocycles. The number of piperidine rings is 1. The van der Waals surface area contributed by atoms with Crippen LogP contribution in [0.1, 0.15) is 25.3 Å². The van der Waals surface area contributed by atoms with Crippen LogP contribution in [0.3, 0.4) is 0 Å². The Hall–Kier alpha value is -1.15. The highest BCUT2D eigenvalue weighted by molar-refractivity contribution is 5.09. The SMILES string of the molecule is OCC(C1[C@H](n2cc(F)cn2)CC12CCNCC2)C(F)(F)F. The first-order valence-corrected chi connectivity index (χ1v) is 7.45. The fourth-order valence-corrected chi connectivity index (χ4v) is 4.26. The van der Waals surface area contributed by atoms with Gasteiger partial charge in [0.25, 0.3) is 0 Å². The molecule has 22 heavy (non-hydrogen) atoms. The zero-order valence-corrected chi connectivity index (χ0v) is 12.0. The van der Waals surface area contributed by atoms with E-state index >= 15 is 0 Å². The lowest BCUT2D eigenvalue weighted by Crippen LogP contribution is -2.59. The maximum absolute atomic E-state index is 13.3. The third-order valence-electron chi connectivity index (χ3n) is 5.30. The predicted molar refractivity (Wildman–Crippen MR) is 70.5 cm³/mol. The van der Waals surface area contributed by atoms with E-state index in [0.717, 1.165) is 12.4 Å². The Balaban J connectivity index is 1.92. The molecule has 3 rings (SSSR count). The van der Waals surface area contributed by atoms with Crippen molar-refractivity contribution < 1.29 is 22.7 Å². The van der Waals surface area contributed by atoms with E-state index in [1.807, 2.05) is 0 Å². The van der Waals surface area contributed by atoms with Crippen LogP contribution < -0.4 is 5.32 Å². The van der Waals surface area contributed by atoms with Crippen molar-refractivity contribution >= 4 is 0 Å². The van der Waals surface area contributed by atoms with E-state index < -0.39 is 41.9 Å². The number of nitrogens with zero attached hydrogens (tertiary/aromatic N) is 2. The molecule has 3 atom stereocenters. The van der Waals surface area contributed by atoms with Gasteiger partial charge in [0.1, 0.15) is 0 Å². The highest BCUT2D eigenvalue weighted by Crippen LogP contribution is 2.63. The first-order chi connectivity index (χ1) is 10.4. The Morgan fingerprint density at radius 2 is 2.09 bits per heavy atom. The van der Waals surface area contributed by atoms with Crippen LogP contribution in [-0.4, -0.2) is 40.8 Å². The lowest BCUT2D eigenvalue weighted by atomic mass is 9.49. The molecule has 0 bridgehead atoms. The summed E-state index contributed by atoms with van der Waals surface area (Å²) in [6.45, 7) is 0.406. The third-order valence-corrected chi connectivity index (χ3v) is 5.30. The van der Waals surface area contributed by atoms with E-state index in [1.54, 1.807) is 0 Å². The van der Waals surface area contributed by atoms with Crippen LogP contribution in [-0.2, 0) is 0 Å². The second kappa shape index (κ2) is 5.49. The minimum absolute atomic E-state index is 0.443. The van der Waals surface area contributed by atoms with Gasteiger partial charge in [0.2, 0.25) is 0 Å². The van der Waals surface area contributed by atoms with E-state index in [2.05, 4.69) is 10.4 Å². The highest BCUT2D eigenvalue weighted by atomic mass is 19.4. The van der Waals surface area contributed by atoms with Crippen molar-refractivity contribution in [2.45, 2.75) is 31.5 Å². The first-order valence-electron chi connectivity index (χ1n) is 7.45. The molecule has 1 aliphatic carbocycles. The molecule has 1 aliphatic heterocycles. The maximum Gasteiger partial charge on any atom is 0.394 e. The molecule has 1 saturated carbocycles. The van der Waals surface area contributed by atoms with E-state index in [9.17, 15) is 22.7 Å². The number of halogens is 4. The predicted octanol–water partition coefficient (Wildman–Crippen LogP) is 2.12. The van der Waals surface area contributed by atoms with Crippen LogP contribution in [0.25, 0.3) is 0 Å². The summed E-state index contributed by atoms with van der Waals surface area (Å²) in [7, 11) is 0. The molecule has 124 valence electrons. The van der Waals surface area contributed by atoms with Gasteiger partial charge in [-0.05, 0) is 37.8 Å². The van der Waals surface area contributed by atoms with Gasteiger partial charge in [-0.15, -0.1) is 0 Å². The van der Waals surface area contributed by atoms with E-state index in [1.165, 1.54) is 4.68 Å². The van der Waals surface area contributed by atoms with Crippen LogP contribution in [0, 0.1) is 23.1 Å². The first kappa shape index (κ1) is 15.7. The number of nitrogens with one attached hydrogen (secondary N) is 1. The smallest absolute Gasteiger partial charge is 0.394 e.